The first-order chi connectivity index (χ1) is 10.7. The van der Waals surface area contributed by atoms with Crippen LogP contribution in [-0.4, -0.2) is 41.5 Å². The SMILES string of the molecule is CC(=O)N1CCCC(N2CCc3cncc4cccc2c34)C1. The molecule has 1 fully saturated rings. The highest BCUT2D eigenvalue weighted by molar-refractivity contribution is 5.97. The van der Waals surface area contributed by atoms with Gasteiger partial charge in [-0.2, -0.15) is 0 Å². The Morgan fingerprint density at radius 2 is 2.18 bits per heavy atom. The minimum Gasteiger partial charge on any atom is -0.366 e. The van der Waals surface area contributed by atoms with Gasteiger partial charge in [-0.25, -0.2) is 0 Å². The van der Waals surface area contributed by atoms with Gasteiger partial charge in [0.05, 0.1) is 0 Å². The maximum atomic E-state index is 11.7. The number of carbonyl (C=O) groups is 1. The molecule has 1 unspecified atom stereocenters. The van der Waals surface area contributed by atoms with Gasteiger partial charge in [-0.3, -0.25) is 9.78 Å². The highest BCUT2D eigenvalue weighted by Gasteiger charge is 2.29. The van der Waals surface area contributed by atoms with Crippen LogP contribution in [0.5, 0.6) is 0 Å². The van der Waals surface area contributed by atoms with Crippen molar-refractivity contribution < 1.29 is 4.79 Å². The molecule has 1 saturated heterocycles. The Bertz CT molecular complexity index is 722. The summed E-state index contributed by atoms with van der Waals surface area (Å²) in [6.45, 7) is 4.46. The first-order valence-electron chi connectivity index (χ1n) is 8.12. The van der Waals surface area contributed by atoms with Gasteiger partial charge in [0.15, 0.2) is 0 Å². The first-order valence-corrected chi connectivity index (χ1v) is 8.12. The predicted octanol–water partition coefficient (Wildman–Crippen LogP) is 2.61. The number of nitrogens with zero attached hydrogens (tertiary/aromatic N) is 3. The largest absolute Gasteiger partial charge is 0.366 e. The van der Waals surface area contributed by atoms with Crippen molar-refractivity contribution in [1.29, 1.82) is 0 Å². The van der Waals surface area contributed by atoms with E-state index in [4.69, 9.17) is 0 Å². The van der Waals surface area contributed by atoms with E-state index in [0.717, 1.165) is 32.5 Å². The van der Waals surface area contributed by atoms with Crippen molar-refractivity contribution in [3.05, 3.63) is 36.2 Å². The Balaban J connectivity index is 1.72. The Labute approximate surface area is 130 Å². The van der Waals surface area contributed by atoms with Crippen molar-refractivity contribution in [2.45, 2.75) is 32.2 Å². The molecule has 2 aliphatic rings. The number of anilines is 1. The van der Waals surface area contributed by atoms with E-state index in [1.165, 1.54) is 28.4 Å². The highest BCUT2D eigenvalue weighted by Crippen LogP contribution is 2.36. The molecule has 3 heterocycles. The molecule has 1 amide bonds. The molecule has 0 spiro atoms. The molecular weight excluding hydrogens is 274 g/mol. The summed E-state index contributed by atoms with van der Waals surface area (Å²) in [6.07, 6.45) is 7.26. The van der Waals surface area contributed by atoms with Crippen LogP contribution >= 0.6 is 0 Å². The van der Waals surface area contributed by atoms with Gasteiger partial charge in [0.25, 0.3) is 0 Å². The molecule has 4 rings (SSSR count). The van der Waals surface area contributed by atoms with Crippen molar-refractivity contribution in [3.63, 3.8) is 0 Å². The van der Waals surface area contributed by atoms with Crippen molar-refractivity contribution in [1.82, 2.24) is 9.88 Å². The summed E-state index contributed by atoms with van der Waals surface area (Å²) in [5.41, 5.74) is 2.67. The van der Waals surface area contributed by atoms with Gasteiger partial charge in [0, 0.05) is 61.5 Å². The minimum atomic E-state index is 0.199. The number of piperidine rings is 1. The van der Waals surface area contributed by atoms with Gasteiger partial charge in [-0.1, -0.05) is 12.1 Å². The highest BCUT2D eigenvalue weighted by atomic mass is 16.2. The second-order valence-corrected chi connectivity index (χ2v) is 6.38. The maximum Gasteiger partial charge on any atom is 0.219 e. The summed E-state index contributed by atoms with van der Waals surface area (Å²) < 4.78 is 0. The zero-order valence-electron chi connectivity index (χ0n) is 13.0. The Hall–Kier alpha value is -2.10. The number of pyridine rings is 1. The molecule has 0 saturated carbocycles. The quantitative estimate of drug-likeness (QED) is 0.811. The number of aromatic nitrogens is 1. The lowest BCUT2D eigenvalue weighted by Gasteiger charge is -2.42. The fraction of sp³-hybridized carbons (Fsp3) is 0.444. The third-order valence-corrected chi connectivity index (χ3v) is 5.05. The summed E-state index contributed by atoms with van der Waals surface area (Å²) in [4.78, 5) is 20.6. The van der Waals surface area contributed by atoms with Crippen LogP contribution in [0.25, 0.3) is 10.8 Å². The second kappa shape index (κ2) is 5.27. The number of amides is 1. The molecule has 1 atom stereocenters. The van der Waals surface area contributed by atoms with Crippen LogP contribution in [0.4, 0.5) is 5.69 Å². The van der Waals surface area contributed by atoms with Gasteiger partial charge in [0.2, 0.25) is 5.91 Å². The molecule has 2 aromatic rings. The summed E-state index contributed by atoms with van der Waals surface area (Å²) in [7, 11) is 0. The lowest BCUT2D eigenvalue weighted by atomic mass is 9.95. The third-order valence-electron chi connectivity index (χ3n) is 5.05. The Morgan fingerprint density at radius 3 is 3.05 bits per heavy atom. The van der Waals surface area contributed by atoms with Crippen molar-refractivity contribution in [2.75, 3.05) is 24.5 Å². The average molecular weight is 295 g/mol. The fourth-order valence-electron chi connectivity index (χ4n) is 3.95. The second-order valence-electron chi connectivity index (χ2n) is 6.38. The molecule has 1 aromatic heterocycles. The summed E-state index contributed by atoms with van der Waals surface area (Å²) in [6, 6.07) is 6.91. The van der Waals surface area contributed by atoms with E-state index < -0.39 is 0 Å². The third kappa shape index (κ3) is 2.14. The van der Waals surface area contributed by atoms with Gasteiger partial charge in [-0.15, -0.1) is 0 Å². The van der Waals surface area contributed by atoms with Crippen LogP contribution in [0.15, 0.2) is 30.6 Å². The van der Waals surface area contributed by atoms with Gasteiger partial charge in [0.1, 0.15) is 0 Å². The van der Waals surface area contributed by atoms with Gasteiger partial charge >= 0.3 is 0 Å². The number of benzene rings is 1. The zero-order valence-corrected chi connectivity index (χ0v) is 13.0. The normalized spacial score (nSPS) is 21.2. The summed E-state index contributed by atoms with van der Waals surface area (Å²) in [5, 5.41) is 2.57. The van der Waals surface area contributed by atoms with E-state index in [-0.39, 0.29) is 5.91 Å². The lowest BCUT2D eigenvalue weighted by molar-refractivity contribution is -0.129. The topological polar surface area (TPSA) is 36.4 Å². The average Bonchev–Trinajstić information content (AvgIpc) is 2.56. The molecule has 22 heavy (non-hydrogen) atoms. The van der Waals surface area contributed by atoms with E-state index in [0.29, 0.717) is 6.04 Å². The molecule has 0 aliphatic carbocycles. The summed E-state index contributed by atoms with van der Waals surface area (Å²) >= 11 is 0. The van der Waals surface area contributed by atoms with Gasteiger partial charge < -0.3 is 9.80 Å². The molecule has 0 bridgehead atoms. The summed E-state index contributed by atoms with van der Waals surface area (Å²) in [5.74, 6) is 0.199. The van der Waals surface area contributed by atoms with Crippen LogP contribution in [0.1, 0.15) is 25.3 Å². The molecule has 2 aliphatic heterocycles. The minimum absolute atomic E-state index is 0.199. The standard InChI is InChI=1S/C18H21N3O/c1-13(22)20-8-3-5-16(12-20)21-9-7-15-11-19-10-14-4-2-6-17(21)18(14)15/h2,4,6,10-11,16H,3,5,7-9,12H2,1H3. The van der Waals surface area contributed by atoms with Crippen molar-refractivity contribution in [3.8, 4) is 0 Å². The van der Waals surface area contributed by atoms with E-state index >= 15 is 0 Å². The van der Waals surface area contributed by atoms with Crippen molar-refractivity contribution in [2.24, 2.45) is 0 Å². The Morgan fingerprint density at radius 1 is 1.27 bits per heavy atom. The molecule has 0 radical (unpaired) electrons. The van der Waals surface area contributed by atoms with E-state index in [2.05, 4.69) is 28.1 Å². The van der Waals surface area contributed by atoms with Crippen LogP contribution < -0.4 is 4.90 Å². The van der Waals surface area contributed by atoms with Gasteiger partial charge in [-0.05, 0) is 30.9 Å². The fourth-order valence-corrected chi connectivity index (χ4v) is 3.95. The molecule has 4 nitrogen and oxygen atoms in total. The monoisotopic (exact) mass is 295 g/mol. The smallest absolute Gasteiger partial charge is 0.219 e. The molecule has 0 N–H and O–H groups in total. The van der Waals surface area contributed by atoms with E-state index in [1.807, 2.05) is 17.3 Å². The lowest BCUT2D eigenvalue weighted by Crippen LogP contribution is -2.50. The van der Waals surface area contributed by atoms with Crippen LogP contribution in [0, 0.1) is 0 Å². The number of rotatable bonds is 1. The molecule has 114 valence electrons. The van der Waals surface area contributed by atoms with Crippen LogP contribution in [-0.2, 0) is 11.2 Å². The number of hydrogen-bond donors (Lipinski definition) is 0. The predicted molar refractivity (Wildman–Crippen MR) is 88.1 cm³/mol. The zero-order chi connectivity index (χ0) is 15.1. The number of carbonyl (C=O) groups excluding carboxylic acids is 1. The van der Waals surface area contributed by atoms with E-state index in [9.17, 15) is 4.79 Å². The van der Waals surface area contributed by atoms with Crippen LogP contribution in [0.2, 0.25) is 0 Å². The number of hydrogen-bond acceptors (Lipinski definition) is 3. The molecule has 4 heteroatoms. The van der Waals surface area contributed by atoms with Crippen LogP contribution in [0.3, 0.4) is 0 Å². The van der Waals surface area contributed by atoms with Crippen molar-refractivity contribution >= 4 is 22.4 Å². The maximum absolute atomic E-state index is 11.7. The Kier molecular flexibility index (Phi) is 3.25. The number of likely N-dealkylation sites (tertiary alicyclic amines) is 1. The first kappa shape index (κ1) is 13.6. The van der Waals surface area contributed by atoms with E-state index in [1.54, 1.807) is 6.92 Å². The molecular formula is C18H21N3O. The molecule has 1 aromatic carbocycles.